The first-order chi connectivity index (χ1) is 13.4. The zero-order chi connectivity index (χ0) is 20.0. The lowest BCUT2D eigenvalue weighted by Gasteiger charge is -2.35. The molecule has 1 aliphatic carbocycles. The lowest BCUT2D eigenvalue weighted by Crippen LogP contribution is -2.45. The van der Waals surface area contributed by atoms with Gasteiger partial charge in [-0.3, -0.25) is 4.79 Å². The molecule has 1 atom stereocenters. The number of halogens is 3. The zero-order valence-electron chi connectivity index (χ0n) is 16.2. The summed E-state index contributed by atoms with van der Waals surface area (Å²) in [5.74, 6) is -1.01. The van der Waals surface area contributed by atoms with E-state index < -0.39 is 11.6 Å². The molecule has 0 saturated carbocycles. The van der Waals surface area contributed by atoms with Crippen molar-refractivity contribution in [1.82, 2.24) is 14.5 Å². The van der Waals surface area contributed by atoms with Crippen LogP contribution in [-0.2, 0) is 37.1 Å². The van der Waals surface area contributed by atoms with Gasteiger partial charge in [0.15, 0.2) is 11.6 Å². The summed E-state index contributed by atoms with van der Waals surface area (Å²) in [7, 11) is 0. The van der Waals surface area contributed by atoms with Crippen LogP contribution in [-0.4, -0.2) is 32.3 Å². The molecule has 2 aromatic rings. The van der Waals surface area contributed by atoms with Gasteiger partial charge in [0, 0.05) is 31.3 Å². The Labute approximate surface area is 168 Å². The van der Waals surface area contributed by atoms with E-state index in [0.717, 1.165) is 48.3 Å². The number of carbonyl (C=O) groups excluding carboxylic acids is 1. The van der Waals surface area contributed by atoms with Crippen LogP contribution in [0.2, 0.25) is 0 Å². The van der Waals surface area contributed by atoms with Gasteiger partial charge in [-0.15, -0.1) is 11.6 Å². The number of hydrogen-bond acceptors (Lipinski definition) is 2. The molecule has 2 heterocycles. The number of nitrogens with zero attached hydrogens (tertiary/aromatic N) is 3. The topological polar surface area (TPSA) is 38.1 Å². The quantitative estimate of drug-likeness (QED) is 0.722. The molecule has 150 valence electrons. The summed E-state index contributed by atoms with van der Waals surface area (Å²) in [6.07, 6.45) is 5.61. The number of amides is 1. The number of imidazole rings is 1. The average Bonchev–Trinajstić information content (AvgIpc) is 3.31. The molecule has 1 aromatic heterocycles. The third-order valence-electron chi connectivity index (χ3n) is 6.14. The van der Waals surface area contributed by atoms with Gasteiger partial charge in [0.1, 0.15) is 11.7 Å². The Hall–Kier alpha value is -1.95. The second-order valence-corrected chi connectivity index (χ2v) is 8.11. The van der Waals surface area contributed by atoms with Crippen LogP contribution in [0.3, 0.4) is 0 Å². The highest BCUT2D eigenvalue weighted by Gasteiger charge is 2.31. The van der Waals surface area contributed by atoms with Crippen molar-refractivity contribution in [3.8, 4) is 0 Å². The Kier molecular flexibility index (Phi) is 5.17. The van der Waals surface area contributed by atoms with Crippen molar-refractivity contribution >= 4 is 17.5 Å². The fraction of sp³-hybridized carbons (Fsp3) is 0.524. The van der Waals surface area contributed by atoms with Crippen molar-refractivity contribution in [3.05, 3.63) is 51.6 Å². The van der Waals surface area contributed by atoms with E-state index in [2.05, 4.69) is 4.98 Å². The molecule has 0 bridgehead atoms. The van der Waals surface area contributed by atoms with Gasteiger partial charge < -0.3 is 9.47 Å². The number of aromatic nitrogens is 2. The van der Waals surface area contributed by atoms with E-state index in [1.54, 1.807) is 4.90 Å². The summed E-state index contributed by atoms with van der Waals surface area (Å²) in [5, 5.41) is 0. The highest BCUT2D eigenvalue weighted by molar-refractivity contribution is 6.27. The van der Waals surface area contributed by atoms with Crippen LogP contribution in [0.1, 0.15) is 46.6 Å². The average molecular weight is 408 g/mol. The van der Waals surface area contributed by atoms with Crippen LogP contribution in [0.15, 0.2) is 6.20 Å². The second-order valence-electron chi connectivity index (χ2n) is 7.84. The first-order valence-electron chi connectivity index (χ1n) is 9.77. The maximum Gasteiger partial charge on any atom is 0.238 e. The lowest BCUT2D eigenvalue weighted by atomic mass is 9.96. The maximum atomic E-state index is 14.9. The van der Waals surface area contributed by atoms with Crippen LogP contribution >= 0.6 is 11.6 Å². The van der Waals surface area contributed by atoms with Crippen molar-refractivity contribution < 1.29 is 13.6 Å². The number of rotatable bonds is 4. The summed E-state index contributed by atoms with van der Waals surface area (Å²) in [4.78, 5) is 18.7. The third-order valence-corrected chi connectivity index (χ3v) is 6.37. The van der Waals surface area contributed by atoms with Crippen LogP contribution in [0, 0.1) is 25.5 Å². The molecule has 2 aliphatic rings. The summed E-state index contributed by atoms with van der Waals surface area (Å²) < 4.78 is 31.5. The summed E-state index contributed by atoms with van der Waals surface area (Å²) in [6, 6.07) is -0.123. The molecule has 0 spiro atoms. The van der Waals surface area contributed by atoms with E-state index in [4.69, 9.17) is 11.6 Å². The molecule has 0 radical (unpaired) electrons. The minimum absolute atomic E-state index is 0.0428. The van der Waals surface area contributed by atoms with Gasteiger partial charge >= 0.3 is 0 Å². The molecular weight excluding hydrogens is 384 g/mol. The number of aryl methyl sites for hydroxylation is 2. The summed E-state index contributed by atoms with van der Waals surface area (Å²) in [6.45, 7) is 4.41. The first-order valence-corrected chi connectivity index (χ1v) is 10.3. The van der Waals surface area contributed by atoms with Crippen LogP contribution < -0.4 is 0 Å². The van der Waals surface area contributed by atoms with Gasteiger partial charge in [0.05, 0.1) is 11.7 Å². The Balaban J connectivity index is 1.67. The Bertz CT molecular complexity index is 940. The maximum absolute atomic E-state index is 14.9. The molecule has 1 unspecified atom stereocenters. The van der Waals surface area contributed by atoms with Gasteiger partial charge in [-0.2, -0.15) is 0 Å². The van der Waals surface area contributed by atoms with E-state index in [0.29, 0.717) is 18.5 Å². The number of alkyl halides is 1. The van der Waals surface area contributed by atoms with Gasteiger partial charge in [-0.05, 0) is 56.2 Å². The van der Waals surface area contributed by atoms with E-state index >= 15 is 0 Å². The Morgan fingerprint density at radius 2 is 2.00 bits per heavy atom. The monoisotopic (exact) mass is 407 g/mol. The normalized spacial score (nSPS) is 18.1. The van der Waals surface area contributed by atoms with Crippen molar-refractivity contribution in [2.24, 2.45) is 0 Å². The number of hydrogen-bond donors (Lipinski definition) is 0. The highest BCUT2D eigenvalue weighted by Crippen LogP contribution is 2.34. The molecule has 4 rings (SSSR count). The number of fused-ring (bicyclic) bond motifs is 2. The molecule has 1 aliphatic heterocycles. The van der Waals surface area contributed by atoms with Gasteiger partial charge in [-0.25, -0.2) is 13.8 Å². The van der Waals surface area contributed by atoms with E-state index in [9.17, 15) is 13.6 Å². The smallest absolute Gasteiger partial charge is 0.238 e. The third kappa shape index (κ3) is 3.21. The molecule has 4 nitrogen and oxygen atoms in total. The summed E-state index contributed by atoms with van der Waals surface area (Å²) >= 11 is 5.86. The minimum atomic E-state index is -0.819. The Morgan fingerprint density at radius 1 is 1.25 bits per heavy atom. The SMILES string of the molecule is Cc1cn2c(n1)CCC(N(Cc1c(C)c3c(c(F)c1F)CCC3)C(=O)CCl)C2. The number of benzene rings is 1. The molecule has 0 fully saturated rings. The van der Waals surface area contributed by atoms with Crippen LogP contribution in [0.25, 0.3) is 0 Å². The van der Waals surface area contributed by atoms with Gasteiger partial charge in [0.2, 0.25) is 5.91 Å². The lowest BCUT2D eigenvalue weighted by molar-refractivity contribution is -0.132. The largest absolute Gasteiger partial charge is 0.333 e. The van der Waals surface area contributed by atoms with Gasteiger partial charge in [-0.1, -0.05) is 0 Å². The first kappa shape index (κ1) is 19.4. The molecule has 28 heavy (non-hydrogen) atoms. The minimum Gasteiger partial charge on any atom is -0.333 e. The molecule has 7 heteroatoms. The fourth-order valence-corrected chi connectivity index (χ4v) is 4.84. The summed E-state index contributed by atoms with van der Waals surface area (Å²) in [5.41, 5.74) is 3.40. The van der Waals surface area contributed by atoms with E-state index in [-0.39, 0.29) is 29.9 Å². The predicted molar refractivity (Wildman–Crippen MR) is 103 cm³/mol. The Morgan fingerprint density at radius 3 is 2.75 bits per heavy atom. The highest BCUT2D eigenvalue weighted by atomic mass is 35.5. The number of carbonyl (C=O) groups is 1. The van der Waals surface area contributed by atoms with Crippen molar-refractivity contribution in [1.29, 1.82) is 0 Å². The van der Waals surface area contributed by atoms with Crippen LogP contribution in [0.4, 0.5) is 8.78 Å². The van der Waals surface area contributed by atoms with Crippen LogP contribution in [0.5, 0.6) is 0 Å². The van der Waals surface area contributed by atoms with Crippen molar-refractivity contribution in [2.45, 2.75) is 65.1 Å². The van der Waals surface area contributed by atoms with Crippen molar-refractivity contribution in [2.75, 3.05) is 5.88 Å². The molecule has 1 aromatic carbocycles. The second kappa shape index (κ2) is 7.47. The zero-order valence-corrected chi connectivity index (χ0v) is 17.0. The fourth-order valence-electron chi connectivity index (χ4n) is 4.69. The van der Waals surface area contributed by atoms with E-state index in [1.165, 1.54) is 0 Å². The standard InChI is InChI=1S/C21H24ClF2N3O/c1-12-9-26-10-14(6-7-18(26)25-12)27(19(28)8-22)11-17-13(2)15-4-3-5-16(15)20(23)21(17)24/h9,14H,3-8,10-11H2,1-2H3. The molecule has 0 saturated heterocycles. The predicted octanol–water partition coefficient (Wildman–Crippen LogP) is 3.85. The van der Waals surface area contributed by atoms with Crippen molar-refractivity contribution in [3.63, 3.8) is 0 Å². The van der Waals surface area contributed by atoms with Gasteiger partial charge in [0.25, 0.3) is 0 Å². The molecule has 0 N–H and O–H groups in total. The van der Waals surface area contributed by atoms with E-state index in [1.807, 2.05) is 24.6 Å². The molecular formula is C21H24ClF2N3O. The molecule has 1 amide bonds.